The molecule has 0 radical (unpaired) electrons. The van der Waals surface area contributed by atoms with E-state index in [1.165, 1.54) is 0 Å². The van der Waals surface area contributed by atoms with Crippen LogP contribution in [0.5, 0.6) is 5.75 Å². The molecule has 6 heteroatoms. The minimum absolute atomic E-state index is 0. The zero-order valence-electron chi connectivity index (χ0n) is 8.36. The number of hydrogen-bond acceptors (Lipinski definition) is 4. The fourth-order valence-corrected chi connectivity index (χ4v) is 1.37. The van der Waals surface area contributed by atoms with Crippen molar-refractivity contribution in [3.05, 3.63) is 23.8 Å². The van der Waals surface area contributed by atoms with Gasteiger partial charge in [0.25, 0.3) is 5.91 Å². The predicted molar refractivity (Wildman–Crippen MR) is 61.2 cm³/mol. The Morgan fingerprint density at radius 2 is 2.25 bits per heavy atom. The number of Topliss-reactive ketones (excluding diaryl/α,β-unsaturated/α-hetero) is 1. The van der Waals surface area contributed by atoms with E-state index in [1.54, 1.807) is 18.2 Å². The maximum Gasteiger partial charge on any atom is 0.262 e. The number of anilines is 1. The molecule has 2 rings (SSSR count). The Balaban J connectivity index is 0.00000128. The highest BCUT2D eigenvalue weighted by Gasteiger charge is 2.17. The van der Waals surface area contributed by atoms with Crippen LogP contribution in [-0.4, -0.2) is 24.8 Å². The van der Waals surface area contributed by atoms with E-state index in [0.29, 0.717) is 17.0 Å². The molecule has 5 nitrogen and oxygen atoms in total. The van der Waals surface area contributed by atoms with Gasteiger partial charge in [-0.1, -0.05) is 0 Å². The van der Waals surface area contributed by atoms with Crippen LogP contribution in [0.2, 0.25) is 0 Å². The highest BCUT2D eigenvalue weighted by atomic mass is 35.5. The van der Waals surface area contributed by atoms with Crippen LogP contribution in [-0.2, 0) is 4.79 Å². The third-order valence-corrected chi connectivity index (χ3v) is 2.12. The van der Waals surface area contributed by atoms with Crippen molar-refractivity contribution in [1.82, 2.24) is 0 Å². The molecule has 0 saturated carbocycles. The summed E-state index contributed by atoms with van der Waals surface area (Å²) in [6.45, 7) is -0.0369. The molecule has 86 valence electrons. The maximum atomic E-state index is 11.3. The molecule has 1 aromatic carbocycles. The number of carbonyl (C=O) groups excluding carboxylic acids is 2. The smallest absolute Gasteiger partial charge is 0.262 e. The molecule has 0 atom stereocenters. The summed E-state index contributed by atoms with van der Waals surface area (Å²) in [5.74, 6) is 0.181. The van der Waals surface area contributed by atoms with Crippen molar-refractivity contribution in [2.45, 2.75) is 0 Å². The van der Waals surface area contributed by atoms with Gasteiger partial charge in [0.05, 0.1) is 12.2 Å². The molecular formula is C10H11ClN2O3. The summed E-state index contributed by atoms with van der Waals surface area (Å²) in [6.07, 6.45) is 0. The van der Waals surface area contributed by atoms with E-state index in [1.807, 2.05) is 0 Å². The summed E-state index contributed by atoms with van der Waals surface area (Å²) in [6, 6.07) is 4.85. The average molecular weight is 243 g/mol. The van der Waals surface area contributed by atoms with Crippen molar-refractivity contribution >= 4 is 29.8 Å². The van der Waals surface area contributed by atoms with Gasteiger partial charge >= 0.3 is 0 Å². The van der Waals surface area contributed by atoms with E-state index in [0.717, 1.165) is 0 Å². The number of ether oxygens (including phenoxy) is 1. The summed E-state index contributed by atoms with van der Waals surface area (Å²) in [5.41, 5.74) is 6.23. The van der Waals surface area contributed by atoms with Gasteiger partial charge in [0.2, 0.25) is 0 Å². The number of hydrogen-bond donors (Lipinski definition) is 2. The number of amides is 1. The SMILES string of the molecule is Cl.NCC(=O)c1ccc2c(c1)NC(=O)CO2. The molecule has 0 spiro atoms. The molecule has 0 unspecified atom stereocenters. The van der Waals surface area contributed by atoms with Crippen LogP contribution in [0.4, 0.5) is 5.69 Å². The summed E-state index contributed by atoms with van der Waals surface area (Å²) < 4.78 is 5.15. The fourth-order valence-electron chi connectivity index (χ4n) is 1.37. The standard InChI is InChI=1S/C10H10N2O3.ClH/c11-4-8(13)6-1-2-9-7(3-6)12-10(14)5-15-9;/h1-3H,4-5,11H2,(H,12,14);1H. The van der Waals surface area contributed by atoms with Gasteiger partial charge in [0.15, 0.2) is 12.4 Å². The summed E-state index contributed by atoms with van der Waals surface area (Å²) in [5, 5.41) is 2.62. The first-order valence-corrected chi connectivity index (χ1v) is 4.50. The van der Waals surface area contributed by atoms with Crippen LogP contribution in [0.25, 0.3) is 0 Å². The lowest BCUT2D eigenvalue weighted by Crippen LogP contribution is -2.25. The number of halogens is 1. The highest BCUT2D eigenvalue weighted by molar-refractivity contribution is 6.01. The Bertz CT molecular complexity index is 434. The Morgan fingerprint density at radius 1 is 1.50 bits per heavy atom. The molecule has 1 aromatic rings. The third kappa shape index (κ3) is 2.32. The first-order chi connectivity index (χ1) is 7.20. The number of rotatable bonds is 2. The van der Waals surface area contributed by atoms with Gasteiger partial charge in [-0.3, -0.25) is 9.59 Å². The van der Waals surface area contributed by atoms with E-state index < -0.39 is 0 Å². The van der Waals surface area contributed by atoms with Crippen molar-refractivity contribution < 1.29 is 14.3 Å². The third-order valence-electron chi connectivity index (χ3n) is 2.12. The van der Waals surface area contributed by atoms with Gasteiger partial charge in [-0.25, -0.2) is 0 Å². The first-order valence-electron chi connectivity index (χ1n) is 4.50. The monoisotopic (exact) mass is 242 g/mol. The lowest BCUT2D eigenvalue weighted by Gasteiger charge is -2.18. The molecule has 0 saturated heterocycles. The molecule has 0 aromatic heterocycles. The summed E-state index contributed by atoms with van der Waals surface area (Å²) >= 11 is 0. The molecule has 1 amide bonds. The fraction of sp³-hybridized carbons (Fsp3) is 0.200. The van der Waals surface area contributed by atoms with Crippen molar-refractivity contribution in [2.24, 2.45) is 5.73 Å². The lowest BCUT2D eigenvalue weighted by atomic mass is 10.1. The van der Waals surface area contributed by atoms with Gasteiger partial charge in [0.1, 0.15) is 5.75 Å². The molecular weight excluding hydrogens is 232 g/mol. The minimum Gasteiger partial charge on any atom is -0.482 e. The maximum absolute atomic E-state index is 11.3. The zero-order valence-corrected chi connectivity index (χ0v) is 9.17. The van der Waals surface area contributed by atoms with Crippen LogP contribution in [0.1, 0.15) is 10.4 Å². The Hall–Kier alpha value is -1.59. The molecule has 0 bridgehead atoms. The van der Waals surface area contributed by atoms with Crippen molar-refractivity contribution in [3.63, 3.8) is 0 Å². The number of ketones is 1. The number of nitrogens with two attached hydrogens (primary N) is 1. The quantitative estimate of drug-likeness (QED) is 0.744. The van der Waals surface area contributed by atoms with Crippen molar-refractivity contribution in [2.75, 3.05) is 18.5 Å². The van der Waals surface area contributed by atoms with Crippen molar-refractivity contribution in [3.8, 4) is 5.75 Å². The zero-order chi connectivity index (χ0) is 10.8. The highest BCUT2D eigenvalue weighted by Crippen LogP contribution is 2.28. The van der Waals surface area contributed by atoms with Gasteiger partial charge in [0, 0.05) is 5.56 Å². The second-order valence-corrected chi connectivity index (χ2v) is 3.18. The minimum atomic E-state index is -0.222. The Kier molecular flexibility index (Phi) is 3.87. The van der Waals surface area contributed by atoms with Gasteiger partial charge in [-0.2, -0.15) is 0 Å². The Morgan fingerprint density at radius 3 is 2.94 bits per heavy atom. The summed E-state index contributed by atoms with van der Waals surface area (Å²) in [4.78, 5) is 22.3. The molecule has 1 aliphatic heterocycles. The number of benzene rings is 1. The molecule has 0 fully saturated rings. The van der Waals surface area contributed by atoms with Crippen LogP contribution in [0, 0.1) is 0 Å². The molecule has 3 N–H and O–H groups in total. The normalized spacial score (nSPS) is 12.9. The molecule has 0 aliphatic carbocycles. The van der Waals surface area contributed by atoms with Crippen LogP contribution in [0.3, 0.4) is 0 Å². The number of carbonyl (C=O) groups is 2. The lowest BCUT2D eigenvalue weighted by molar-refractivity contribution is -0.118. The molecule has 1 aliphatic rings. The van der Waals surface area contributed by atoms with Crippen LogP contribution >= 0.6 is 12.4 Å². The molecule has 16 heavy (non-hydrogen) atoms. The second kappa shape index (κ2) is 4.96. The Labute approximate surface area is 98.4 Å². The van der Waals surface area contributed by atoms with E-state index in [4.69, 9.17) is 10.5 Å². The van der Waals surface area contributed by atoms with Crippen LogP contribution in [0.15, 0.2) is 18.2 Å². The number of nitrogens with one attached hydrogen (secondary N) is 1. The van der Waals surface area contributed by atoms with Gasteiger partial charge in [-0.15, -0.1) is 12.4 Å². The van der Waals surface area contributed by atoms with E-state index >= 15 is 0 Å². The number of fused-ring (bicyclic) bond motifs is 1. The van der Waals surface area contributed by atoms with Crippen molar-refractivity contribution in [1.29, 1.82) is 0 Å². The van der Waals surface area contributed by atoms with Gasteiger partial charge in [-0.05, 0) is 18.2 Å². The average Bonchev–Trinajstić information content (AvgIpc) is 2.27. The largest absolute Gasteiger partial charge is 0.482 e. The topological polar surface area (TPSA) is 81.4 Å². The summed E-state index contributed by atoms with van der Waals surface area (Å²) in [7, 11) is 0. The first kappa shape index (κ1) is 12.5. The second-order valence-electron chi connectivity index (χ2n) is 3.18. The van der Waals surface area contributed by atoms with E-state index in [9.17, 15) is 9.59 Å². The van der Waals surface area contributed by atoms with E-state index in [2.05, 4.69) is 5.32 Å². The van der Waals surface area contributed by atoms with E-state index in [-0.39, 0.29) is 37.2 Å². The molecule has 1 heterocycles. The van der Waals surface area contributed by atoms with Gasteiger partial charge < -0.3 is 15.8 Å². The predicted octanol–water partition coefficient (Wildman–Crippen LogP) is 0.581. The van der Waals surface area contributed by atoms with Crippen LogP contribution < -0.4 is 15.8 Å².